The van der Waals surface area contributed by atoms with E-state index in [4.69, 9.17) is 4.84 Å². The fraction of sp³-hybridized carbons (Fsp3) is 0.190. The first-order chi connectivity index (χ1) is 14.3. The third-order valence-corrected chi connectivity index (χ3v) is 4.14. The number of alkyl halides is 3. The second kappa shape index (κ2) is 8.81. The molecule has 0 fully saturated rings. The molecule has 1 heterocycles. The molecule has 0 radical (unpaired) electrons. The van der Waals surface area contributed by atoms with Gasteiger partial charge in [0.05, 0.1) is 11.8 Å². The molecule has 3 aromatic rings. The third-order valence-electron chi connectivity index (χ3n) is 4.14. The molecule has 1 N–H and O–H groups in total. The van der Waals surface area contributed by atoms with E-state index >= 15 is 0 Å². The first kappa shape index (κ1) is 21.1. The summed E-state index contributed by atoms with van der Waals surface area (Å²) in [6.07, 6.45) is -2.11. The van der Waals surface area contributed by atoms with Crippen LogP contribution in [0.5, 0.6) is 0 Å². The number of para-hydroxylation sites is 1. The largest absolute Gasteiger partial charge is 0.435 e. The Labute approximate surface area is 171 Å². The second-order valence-corrected chi connectivity index (χ2v) is 6.34. The van der Waals surface area contributed by atoms with Gasteiger partial charge in [-0.3, -0.25) is 9.48 Å². The molecule has 6 nitrogen and oxygen atoms in total. The number of oxime groups is 1. The molecule has 0 unspecified atom stereocenters. The normalized spacial score (nSPS) is 11.6. The van der Waals surface area contributed by atoms with Gasteiger partial charge in [-0.15, -0.1) is 0 Å². The lowest BCUT2D eigenvalue weighted by Crippen LogP contribution is -2.18. The Bertz CT molecular complexity index is 1060. The number of carbonyl (C=O) groups is 1. The van der Waals surface area contributed by atoms with Crippen molar-refractivity contribution in [1.29, 1.82) is 0 Å². The molecule has 1 aromatic heterocycles. The summed E-state index contributed by atoms with van der Waals surface area (Å²) >= 11 is 0. The molecule has 1 amide bonds. The molecule has 3 rings (SSSR count). The van der Waals surface area contributed by atoms with Crippen LogP contribution in [0.3, 0.4) is 0 Å². The number of nitrogens with one attached hydrogen (secondary N) is 1. The van der Waals surface area contributed by atoms with Crippen molar-refractivity contribution in [3.63, 3.8) is 0 Å². The Hall–Kier alpha value is -3.62. The number of hydrogen-bond donors (Lipinski definition) is 1. The zero-order valence-corrected chi connectivity index (χ0v) is 16.3. The summed E-state index contributed by atoms with van der Waals surface area (Å²) in [5.41, 5.74) is 0.882. The average molecular weight is 416 g/mol. The molecule has 0 aliphatic heterocycles. The zero-order valence-electron chi connectivity index (χ0n) is 16.3. The van der Waals surface area contributed by atoms with Gasteiger partial charge in [-0.05, 0) is 24.1 Å². The number of rotatable bonds is 6. The zero-order chi connectivity index (χ0) is 21.7. The second-order valence-electron chi connectivity index (χ2n) is 6.34. The molecule has 9 heteroatoms. The van der Waals surface area contributed by atoms with E-state index in [1.165, 1.54) is 7.05 Å². The highest BCUT2D eigenvalue weighted by atomic mass is 19.4. The van der Waals surface area contributed by atoms with E-state index in [-0.39, 0.29) is 0 Å². The number of amides is 1. The summed E-state index contributed by atoms with van der Waals surface area (Å²) in [4.78, 5) is 17.5. The van der Waals surface area contributed by atoms with Crippen LogP contribution in [-0.4, -0.2) is 28.5 Å². The first-order valence-corrected chi connectivity index (χ1v) is 9.06. The Morgan fingerprint density at radius 3 is 2.57 bits per heavy atom. The number of halogens is 3. The Morgan fingerprint density at radius 2 is 1.90 bits per heavy atom. The predicted molar refractivity (Wildman–Crippen MR) is 107 cm³/mol. The summed E-state index contributed by atoms with van der Waals surface area (Å²) in [5, 5.41) is 9.74. The van der Waals surface area contributed by atoms with Crippen LogP contribution in [-0.2, 0) is 18.1 Å². The Balaban J connectivity index is 1.87. The molecule has 2 aromatic carbocycles. The van der Waals surface area contributed by atoms with Crippen molar-refractivity contribution in [3.8, 4) is 11.1 Å². The van der Waals surface area contributed by atoms with Gasteiger partial charge in [-0.1, -0.05) is 47.6 Å². The molecule has 0 spiro atoms. The maximum Gasteiger partial charge on any atom is 0.435 e. The fourth-order valence-electron chi connectivity index (χ4n) is 2.82. The van der Waals surface area contributed by atoms with Crippen LogP contribution in [0.15, 0.2) is 59.9 Å². The number of anilines is 1. The molecule has 0 aliphatic carbocycles. The average Bonchev–Trinajstić information content (AvgIpc) is 3.12. The molecule has 156 valence electrons. The van der Waals surface area contributed by atoms with E-state index in [1.54, 1.807) is 30.5 Å². The summed E-state index contributed by atoms with van der Waals surface area (Å²) in [6, 6.07) is 14.1. The van der Waals surface area contributed by atoms with Gasteiger partial charge < -0.3 is 10.2 Å². The number of benzene rings is 2. The van der Waals surface area contributed by atoms with E-state index in [0.29, 0.717) is 17.9 Å². The fourth-order valence-corrected chi connectivity index (χ4v) is 2.82. The minimum atomic E-state index is -4.73. The first-order valence-electron chi connectivity index (χ1n) is 9.06. The highest BCUT2D eigenvalue weighted by Crippen LogP contribution is 2.32. The summed E-state index contributed by atoms with van der Waals surface area (Å²) in [6.45, 7) is 2.30. The third kappa shape index (κ3) is 4.86. The Kier molecular flexibility index (Phi) is 6.20. The lowest BCUT2D eigenvalue weighted by Gasteiger charge is -2.12. The highest BCUT2D eigenvalue weighted by Gasteiger charge is 2.39. The topological polar surface area (TPSA) is 68.5 Å². The van der Waals surface area contributed by atoms with Crippen LogP contribution in [0.2, 0.25) is 0 Å². The molecular formula is C21H19F3N4O2. The molecule has 30 heavy (non-hydrogen) atoms. The minimum absolute atomic E-state index is 0.384. The summed E-state index contributed by atoms with van der Waals surface area (Å²) in [5.74, 6) is -0.886. The van der Waals surface area contributed by atoms with Gasteiger partial charge in [0.2, 0.25) is 0 Å². The Morgan fingerprint density at radius 1 is 1.20 bits per heavy atom. The monoisotopic (exact) mass is 416 g/mol. The molecule has 0 atom stereocenters. The van der Waals surface area contributed by atoms with Crippen molar-refractivity contribution in [2.45, 2.75) is 13.1 Å². The number of aromatic nitrogens is 2. The van der Waals surface area contributed by atoms with Gasteiger partial charge in [0, 0.05) is 24.5 Å². The van der Waals surface area contributed by atoms with Crippen LogP contribution >= 0.6 is 0 Å². The van der Waals surface area contributed by atoms with Crippen molar-refractivity contribution in [2.75, 3.05) is 11.9 Å². The van der Waals surface area contributed by atoms with Crippen LogP contribution in [0.1, 0.15) is 28.5 Å². The molecular weight excluding hydrogens is 397 g/mol. The van der Waals surface area contributed by atoms with Crippen molar-refractivity contribution >= 4 is 17.8 Å². The summed E-state index contributed by atoms with van der Waals surface area (Å²) in [7, 11) is 1.33. The standard InChI is InChI=1S/C21H19F3N4O2/c1-3-30-25-12-14-8-10-15(11-9-14)16-6-4-5-7-18(16)26-20(29)17-13-28(2)27-19(17)21(22,23)24/h4-13H,3H2,1-2H3,(H,26,29)/b25-12+. The van der Waals surface area contributed by atoms with Crippen LogP contribution < -0.4 is 5.32 Å². The van der Waals surface area contributed by atoms with E-state index in [0.717, 1.165) is 22.0 Å². The predicted octanol–water partition coefficient (Wildman–Crippen LogP) is 4.73. The van der Waals surface area contributed by atoms with Crippen molar-refractivity contribution in [1.82, 2.24) is 9.78 Å². The van der Waals surface area contributed by atoms with Gasteiger partial charge in [-0.2, -0.15) is 18.3 Å². The lowest BCUT2D eigenvalue weighted by atomic mass is 10.0. The number of hydrogen-bond acceptors (Lipinski definition) is 4. The molecule has 0 aliphatic rings. The van der Waals surface area contributed by atoms with Crippen LogP contribution in [0.25, 0.3) is 11.1 Å². The molecule has 0 saturated carbocycles. The van der Waals surface area contributed by atoms with Gasteiger partial charge in [0.1, 0.15) is 6.61 Å². The van der Waals surface area contributed by atoms with Gasteiger partial charge in [0.15, 0.2) is 5.69 Å². The quantitative estimate of drug-likeness (QED) is 0.467. The van der Waals surface area contributed by atoms with Crippen molar-refractivity contribution < 1.29 is 22.8 Å². The highest BCUT2D eigenvalue weighted by molar-refractivity contribution is 6.07. The molecule has 0 saturated heterocycles. The van der Waals surface area contributed by atoms with Crippen molar-refractivity contribution in [2.24, 2.45) is 12.2 Å². The lowest BCUT2D eigenvalue weighted by molar-refractivity contribution is -0.141. The van der Waals surface area contributed by atoms with E-state index in [9.17, 15) is 18.0 Å². The van der Waals surface area contributed by atoms with Gasteiger partial charge in [0.25, 0.3) is 5.91 Å². The smallest absolute Gasteiger partial charge is 0.396 e. The summed E-state index contributed by atoms with van der Waals surface area (Å²) < 4.78 is 40.5. The van der Waals surface area contributed by atoms with E-state index < -0.39 is 23.3 Å². The minimum Gasteiger partial charge on any atom is -0.396 e. The van der Waals surface area contributed by atoms with Gasteiger partial charge >= 0.3 is 6.18 Å². The van der Waals surface area contributed by atoms with Gasteiger partial charge in [-0.25, -0.2) is 0 Å². The van der Waals surface area contributed by atoms with Crippen LogP contribution in [0, 0.1) is 0 Å². The number of carbonyl (C=O) groups excluding carboxylic acids is 1. The van der Waals surface area contributed by atoms with E-state index in [2.05, 4.69) is 15.6 Å². The maximum absolute atomic E-state index is 13.2. The van der Waals surface area contributed by atoms with E-state index in [1.807, 2.05) is 31.2 Å². The van der Waals surface area contributed by atoms with Crippen LogP contribution in [0.4, 0.5) is 18.9 Å². The molecule has 0 bridgehead atoms. The van der Waals surface area contributed by atoms with Crippen molar-refractivity contribution in [3.05, 3.63) is 71.5 Å². The number of aryl methyl sites for hydroxylation is 1. The maximum atomic E-state index is 13.2. The SMILES string of the molecule is CCO/N=C/c1ccc(-c2ccccc2NC(=O)c2cn(C)nc2C(F)(F)F)cc1. The number of nitrogens with zero attached hydrogens (tertiary/aromatic N) is 3.